The molecule has 1 radical (unpaired) electrons. The van der Waals surface area contributed by atoms with Crippen LogP contribution in [-0.4, -0.2) is 185 Å². The van der Waals surface area contributed by atoms with Crippen LogP contribution in [0.1, 0.15) is 384 Å². The molecule has 6 amide bonds. The number of hydrogen-bond donors (Lipinski definition) is 3. The fourth-order valence-corrected chi connectivity index (χ4v) is 8.77. The molecule has 0 bridgehead atoms. The Kier molecular flexibility index (Phi) is 161. The Morgan fingerprint density at radius 1 is 0.381 bits per heavy atom. The molecule has 23 heteroatoms. The number of carbonyl (C=O) groups is 6. The molecule has 695 valence electrons. The van der Waals surface area contributed by atoms with Crippen molar-refractivity contribution in [2.45, 2.75) is 390 Å². The molecule has 0 spiro atoms. The third kappa shape index (κ3) is 177. The number of carbonyl (C=O) groups excluding carboxylic acids is 6. The van der Waals surface area contributed by atoms with Gasteiger partial charge in [-0.3, -0.25) is 43.3 Å². The molecule has 20 nitrogen and oxygen atoms in total. The quantitative estimate of drug-likeness (QED) is 0.0232. The zero-order chi connectivity index (χ0) is 92.2. The molecular weight excluding hydrogens is 1540 g/mol. The molecule has 0 aliphatic heterocycles. The number of ether oxygens (including phenoxy) is 1. The average Bonchev–Trinajstić information content (AvgIpc) is 0.897. The summed E-state index contributed by atoms with van der Waals surface area (Å²) in [6, 6.07) is 0.326. The topological polar surface area (TPSA) is 245 Å². The first-order chi connectivity index (χ1) is 51.4. The summed E-state index contributed by atoms with van der Waals surface area (Å²) in [7, 11) is 9.83. The summed E-state index contributed by atoms with van der Waals surface area (Å²) < 4.78 is 51.2. The normalized spacial score (nSPS) is 9.81. The van der Waals surface area contributed by atoms with Crippen LogP contribution in [0, 0.1) is 67.6 Å². The zero-order valence-corrected chi connectivity index (χ0v) is 89.5. The van der Waals surface area contributed by atoms with E-state index in [1.54, 1.807) is 37.8 Å². The summed E-state index contributed by atoms with van der Waals surface area (Å²) in [5.41, 5.74) is 0. The van der Waals surface area contributed by atoms with E-state index in [1.165, 1.54) is 50.0 Å². The summed E-state index contributed by atoms with van der Waals surface area (Å²) in [5, 5.41) is 2.36. The molecule has 0 atom stereocenters. The predicted molar refractivity (Wildman–Crippen MR) is 503 cm³/mol. The van der Waals surface area contributed by atoms with Gasteiger partial charge in [0.2, 0.25) is 49.6 Å². The second-order valence-corrected chi connectivity index (χ2v) is 33.1. The van der Waals surface area contributed by atoms with Gasteiger partial charge in [0, 0.05) is 114 Å². The van der Waals surface area contributed by atoms with E-state index in [0.717, 1.165) is 107 Å². The van der Waals surface area contributed by atoms with Crippen LogP contribution in [0.25, 0.3) is 0 Å². The number of aliphatic imine (C=N–C) groups is 1. The average molecular weight is 1740 g/mol. The Balaban J connectivity index is -0.0000000560. The van der Waals surface area contributed by atoms with E-state index in [9.17, 15) is 45.6 Å². The minimum Gasteiger partial charge on any atom is -0.449 e. The molecule has 113 heavy (non-hydrogen) atoms. The Bertz CT molecular complexity index is 2090. The SMILES string of the molecule is CC.CC.CC.CC.CC.CC.CC.CC.CC(C)CCCC(=O)N(C)C(C)C.CC(C)CCCC(=O)NCC(=O)NS(C)(=O)=O.CC(C)CCCC(=O)NS(C)(=O)=O.CC(C)CCCC(C)C.CC(C)CCCN(C)C.CC(C)CCCOC(=O)N(C)C.CN=C(N(C)C)N(C)C(=O)CCCC(C)C.[CH2-]CCC(C)C.[CH3-].[Y]. The second kappa shape index (κ2) is 118. The van der Waals surface area contributed by atoms with Crippen molar-refractivity contribution in [2.24, 2.45) is 58.3 Å². The summed E-state index contributed by atoms with van der Waals surface area (Å²) in [4.78, 5) is 80.5. The fourth-order valence-electron chi connectivity index (χ4n) is 7.76. The van der Waals surface area contributed by atoms with Gasteiger partial charge in [0.1, 0.15) is 0 Å². The van der Waals surface area contributed by atoms with Gasteiger partial charge in [-0.15, -0.1) is 0 Å². The third-order valence-electron chi connectivity index (χ3n) is 13.4. The Hall–Kier alpha value is -2.95. The molecule has 3 N–H and O–H groups in total. The van der Waals surface area contributed by atoms with Gasteiger partial charge >= 0.3 is 6.09 Å². The molecule has 0 aromatic carbocycles. The molecule has 0 aromatic heterocycles. The third-order valence-corrected chi connectivity index (χ3v) is 14.6. The van der Waals surface area contributed by atoms with Crippen molar-refractivity contribution in [2.75, 3.05) is 95.6 Å². The molecule has 0 aliphatic rings. The van der Waals surface area contributed by atoms with Gasteiger partial charge in [-0.05, 0) is 139 Å². The van der Waals surface area contributed by atoms with Crippen LogP contribution in [0.4, 0.5) is 4.79 Å². The van der Waals surface area contributed by atoms with Crippen molar-refractivity contribution in [3.8, 4) is 0 Å². The van der Waals surface area contributed by atoms with Crippen LogP contribution < -0.4 is 14.8 Å². The molecule has 0 unspecified atom stereocenters. The maximum absolute atomic E-state index is 11.8. The molecule has 0 heterocycles. The molecule has 0 saturated carbocycles. The Morgan fingerprint density at radius 2 is 0.655 bits per heavy atom. The zero-order valence-electron chi connectivity index (χ0n) is 85.0. The number of hydrogen-bond acceptors (Lipinski definition) is 13. The molecular formula is C90H207N9O11S2Y-2. The standard InChI is InChI=1S/C12H25N3O.C11H23NO.C10H20N2O4S.C9H19NO2.C9H20.C8H17NO3S.C8H19N.C6H13.8C2H6.CH3.Y/c1-10(2)8-7-9-11(16)15(6)12(13-3)14(4)5;1-9(2)7-6-8-11(13)12(5)10(3)4;1-8(2)5-4-6-9(13)11-7-10(14)12-17(3,15)16;1-8(2)6-5-7-12-9(11)10(3)4;1-8(2)6-5-7-9(3)4;1-7(2)5-4-6-8(10)9-13(3,11)12;1-8(2)6-5-7-9(3)4;1-4-5-6(2)3;8*1-2;;/h10H,7-9H2,1-6H3;9-10H,6-8H2,1-5H3;8H,4-7H2,1-3H3,(H,11,13)(H,12,14);8H,5-7H2,1-4H3;8-9H,5-7H2,1-4H3;7H,4-6H2,1-3H3,(H,9,10);8H,5-7H2,1-4H3;6H,1,4-5H2,2-3H3;8*1-2H3;1H3;/q;;;;;;;-1;;;;;;;;;-1;. The van der Waals surface area contributed by atoms with Gasteiger partial charge in [-0.25, -0.2) is 21.6 Å². The molecule has 0 saturated heterocycles. The van der Waals surface area contributed by atoms with Crippen molar-refractivity contribution in [1.29, 1.82) is 0 Å². The number of guanidine groups is 1. The minimum absolute atomic E-state index is 0. The van der Waals surface area contributed by atoms with Crippen molar-refractivity contribution in [3.05, 3.63) is 14.4 Å². The first kappa shape index (κ1) is 154. The first-order valence-electron chi connectivity index (χ1n) is 43.6. The summed E-state index contributed by atoms with van der Waals surface area (Å²) in [6.07, 6.45) is 22.5. The number of nitrogens with one attached hydrogen (secondary N) is 3. The van der Waals surface area contributed by atoms with Crippen LogP contribution in [-0.2, 0) is 81.5 Å². The Morgan fingerprint density at radius 3 is 0.912 bits per heavy atom. The van der Waals surface area contributed by atoms with Gasteiger partial charge in [0.05, 0.1) is 25.7 Å². The number of amides is 6. The van der Waals surface area contributed by atoms with Gasteiger partial charge < -0.3 is 44.0 Å². The molecule has 0 rings (SSSR count). The number of nitrogens with zero attached hydrogens (tertiary/aromatic N) is 6. The second-order valence-electron chi connectivity index (χ2n) is 29.6. The predicted octanol–water partition coefficient (Wildman–Crippen LogP) is 23.9. The van der Waals surface area contributed by atoms with Crippen LogP contribution >= 0.6 is 0 Å². The number of sulfonamides is 2. The van der Waals surface area contributed by atoms with Crippen molar-refractivity contribution >= 4 is 61.6 Å². The van der Waals surface area contributed by atoms with Crippen LogP contribution in [0.2, 0.25) is 0 Å². The van der Waals surface area contributed by atoms with Crippen molar-refractivity contribution in [3.63, 3.8) is 0 Å². The first-order valence-corrected chi connectivity index (χ1v) is 47.4. The fraction of sp³-hybridized carbons (Fsp3) is 0.900. The molecule has 0 aliphatic carbocycles. The summed E-state index contributed by atoms with van der Waals surface area (Å²) in [6.45, 7) is 80.7. The van der Waals surface area contributed by atoms with Gasteiger partial charge in [0.25, 0.3) is 5.91 Å². The van der Waals surface area contributed by atoms with Crippen LogP contribution in [0.15, 0.2) is 4.99 Å². The van der Waals surface area contributed by atoms with Gasteiger partial charge in [0.15, 0.2) is 0 Å². The van der Waals surface area contributed by atoms with Crippen molar-refractivity contribution in [1.82, 2.24) is 39.3 Å². The maximum atomic E-state index is 11.8. The van der Waals surface area contributed by atoms with Crippen LogP contribution in [0.5, 0.6) is 0 Å². The van der Waals surface area contributed by atoms with E-state index in [0.29, 0.717) is 67.5 Å². The number of rotatable bonds is 35. The van der Waals surface area contributed by atoms with E-state index in [-0.39, 0.29) is 76.9 Å². The smallest absolute Gasteiger partial charge is 0.409 e. The summed E-state index contributed by atoms with van der Waals surface area (Å²) >= 11 is 0. The Labute approximate surface area is 737 Å². The monoisotopic (exact) mass is 1740 g/mol. The minimum atomic E-state index is -3.55. The van der Waals surface area contributed by atoms with Gasteiger partial charge in [-0.2, -0.15) is 6.42 Å². The van der Waals surface area contributed by atoms with E-state index in [4.69, 9.17) is 4.74 Å². The van der Waals surface area contributed by atoms with Crippen LogP contribution in [0.3, 0.4) is 0 Å². The summed E-state index contributed by atoms with van der Waals surface area (Å²) in [5.74, 6) is 6.34. The van der Waals surface area contributed by atoms with E-state index >= 15 is 0 Å². The molecule has 0 fully saturated rings. The van der Waals surface area contributed by atoms with E-state index in [2.05, 4.69) is 161 Å². The van der Waals surface area contributed by atoms with E-state index < -0.39 is 31.9 Å². The maximum Gasteiger partial charge on any atom is 0.409 e. The van der Waals surface area contributed by atoms with Gasteiger partial charge in [-0.1, -0.05) is 287 Å². The largest absolute Gasteiger partial charge is 0.449 e. The molecule has 0 aromatic rings. The van der Waals surface area contributed by atoms with Crippen molar-refractivity contribution < 1.29 is 83.0 Å². The van der Waals surface area contributed by atoms with E-state index in [1.807, 2.05) is 160 Å².